The molecule has 0 aliphatic heterocycles. The molecule has 0 radical (unpaired) electrons. The molecule has 0 aliphatic carbocycles. The van der Waals surface area contributed by atoms with Crippen LogP contribution in [0.25, 0.3) is 10.2 Å². The lowest BCUT2D eigenvalue weighted by Gasteiger charge is -2.26. The van der Waals surface area contributed by atoms with E-state index >= 15 is 0 Å². The number of carbonyl (C=O) groups excluding carboxylic acids is 1. The van der Waals surface area contributed by atoms with Crippen molar-refractivity contribution in [1.82, 2.24) is 20.3 Å². The van der Waals surface area contributed by atoms with Crippen LogP contribution < -0.4 is 10.7 Å². The summed E-state index contributed by atoms with van der Waals surface area (Å²) in [6.45, 7) is 0.154. The highest BCUT2D eigenvalue weighted by atomic mass is 32.2. The van der Waals surface area contributed by atoms with Crippen molar-refractivity contribution in [2.24, 2.45) is 0 Å². The summed E-state index contributed by atoms with van der Waals surface area (Å²) in [5.74, 6) is -0.0247. The largest absolute Gasteiger partial charge is 0.328 e. The van der Waals surface area contributed by atoms with Crippen molar-refractivity contribution in [2.75, 3.05) is 32.5 Å². The molecule has 0 bridgehead atoms. The van der Waals surface area contributed by atoms with Crippen molar-refractivity contribution in [3.63, 3.8) is 0 Å². The molecular weight excluding hydrogens is 506 g/mol. The molecule has 2 amide bonds. The Morgan fingerprint density at radius 3 is 2.08 bits per heavy atom. The van der Waals surface area contributed by atoms with Crippen LogP contribution in [0.2, 0.25) is 0 Å². The molecule has 192 valence electrons. The Bertz CT molecular complexity index is 1390. The highest BCUT2D eigenvalue weighted by Gasteiger charge is 2.25. The van der Waals surface area contributed by atoms with E-state index in [4.69, 9.17) is 0 Å². The minimum absolute atomic E-state index is 0.0247. The van der Waals surface area contributed by atoms with Crippen molar-refractivity contribution in [2.45, 2.75) is 12.3 Å². The average molecular weight is 536 g/mol. The Morgan fingerprint density at radius 2 is 1.51 bits per heavy atom. The van der Waals surface area contributed by atoms with Gasteiger partial charge in [-0.3, -0.25) is 15.2 Å². The van der Waals surface area contributed by atoms with Crippen LogP contribution in [0.1, 0.15) is 23.5 Å². The summed E-state index contributed by atoms with van der Waals surface area (Å²) in [7, 11) is 0.902. The SMILES string of the molecule is CN(C)NCC(N(CCC(c1ccccc1)c1ccccc1)C(=O)Nc1nc2ccccc2s1)=S(=O)=O. The van der Waals surface area contributed by atoms with Gasteiger partial charge in [0.2, 0.25) is 10.3 Å². The van der Waals surface area contributed by atoms with E-state index < -0.39 is 16.3 Å². The minimum Gasteiger partial charge on any atom is -0.283 e. The van der Waals surface area contributed by atoms with Gasteiger partial charge in [0.05, 0.1) is 16.8 Å². The molecule has 0 spiro atoms. The van der Waals surface area contributed by atoms with Gasteiger partial charge in [-0.15, -0.1) is 0 Å². The van der Waals surface area contributed by atoms with E-state index in [2.05, 4.69) is 15.7 Å². The van der Waals surface area contributed by atoms with Crippen LogP contribution in [0.3, 0.4) is 0 Å². The third kappa shape index (κ3) is 7.01. The molecule has 4 rings (SSSR count). The van der Waals surface area contributed by atoms with Gasteiger partial charge in [0.25, 0.3) is 0 Å². The zero-order valence-electron chi connectivity index (χ0n) is 20.7. The zero-order chi connectivity index (χ0) is 26.2. The van der Waals surface area contributed by atoms with Gasteiger partial charge in [-0.25, -0.2) is 15.2 Å². The standard InChI is InChI=1S/C27H29N5O3S2/c1-31(2)28-19-25(37(34)35)32(27(33)30-26-29-23-15-9-10-16-24(23)36-26)18-17-22(20-11-5-3-6-12-20)21-13-7-4-8-14-21/h3-16,22,28H,17-19H2,1-2H3,(H,29,30,33). The molecule has 1 heterocycles. The minimum atomic E-state index is -2.62. The van der Waals surface area contributed by atoms with Crippen molar-refractivity contribution in [3.8, 4) is 0 Å². The Balaban J connectivity index is 1.64. The van der Waals surface area contributed by atoms with Crippen molar-refractivity contribution in [3.05, 3.63) is 96.1 Å². The summed E-state index contributed by atoms with van der Waals surface area (Å²) in [6.07, 6.45) is 0.518. The highest BCUT2D eigenvalue weighted by molar-refractivity contribution is 7.73. The van der Waals surface area contributed by atoms with E-state index in [0.717, 1.165) is 21.3 Å². The van der Waals surface area contributed by atoms with E-state index in [1.54, 1.807) is 19.1 Å². The number of fused-ring (bicyclic) bond motifs is 1. The maximum atomic E-state index is 13.5. The van der Waals surface area contributed by atoms with Crippen LogP contribution in [0.4, 0.5) is 9.93 Å². The Hall–Kier alpha value is -3.57. The summed E-state index contributed by atoms with van der Waals surface area (Å²) in [6, 6.07) is 27.1. The van der Waals surface area contributed by atoms with Crippen molar-refractivity contribution in [1.29, 1.82) is 0 Å². The fourth-order valence-electron chi connectivity index (χ4n) is 4.05. The first kappa shape index (κ1) is 26.5. The predicted molar refractivity (Wildman–Crippen MR) is 150 cm³/mol. The highest BCUT2D eigenvalue weighted by Crippen LogP contribution is 2.29. The molecule has 37 heavy (non-hydrogen) atoms. The number of thiazole rings is 1. The van der Waals surface area contributed by atoms with Crippen molar-refractivity contribution >= 4 is 48.0 Å². The van der Waals surface area contributed by atoms with E-state index in [-0.39, 0.29) is 24.0 Å². The molecule has 4 aromatic rings. The van der Waals surface area contributed by atoms with Gasteiger partial charge in [0, 0.05) is 26.6 Å². The van der Waals surface area contributed by atoms with Crippen LogP contribution in [-0.2, 0) is 10.3 Å². The molecule has 0 saturated carbocycles. The first-order valence-electron chi connectivity index (χ1n) is 11.8. The Kier molecular flexibility index (Phi) is 9.02. The van der Waals surface area contributed by atoms with E-state index in [1.807, 2.05) is 84.9 Å². The van der Waals surface area contributed by atoms with Gasteiger partial charge >= 0.3 is 6.03 Å². The van der Waals surface area contributed by atoms with Gasteiger partial charge in [0.1, 0.15) is 0 Å². The van der Waals surface area contributed by atoms with Gasteiger partial charge in [-0.2, -0.15) is 8.42 Å². The zero-order valence-corrected chi connectivity index (χ0v) is 22.3. The number of hydrogen-bond acceptors (Lipinski definition) is 7. The summed E-state index contributed by atoms with van der Waals surface area (Å²) in [5.41, 5.74) is 5.93. The number of aromatic nitrogens is 1. The predicted octanol–water partition coefficient (Wildman–Crippen LogP) is 4.43. The molecule has 3 aromatic carbocycles. The van der Waals surface area contributed by atoms with Crippen LogP contribution in [0, 0.1) is 0 Å². The van der Waals surface area contributed by atoms with E-state index in [0.29, 0.717) is 11.6 Å². The van der Waals surface area contributed by atoms with Gasteiger partial charge in [-0.05, 0) is 29.7 Å². The van der Waals surface area contributed by atoms with Crippen molar-refractivity contribution < 1.29 is 13.2 Å². The number of amides is 2. The summed E-state index contributed by atoms with van der Waals surface area (Å²) < 4.78 is 25.5. The molecule has 8 nitrogen and oxygen atoms in total. The quantitative estimate of drug-likeness (QED) is 0.243. The fourth-order valence-corrected chi connectivity index (χ4v) is 5.44. The monoisotopic (exact) mass is 535 g/mol. The average Bonchev–Trinajstić information content (AvgIpc) is 3.31. The molecule has 0 aliphatic rings. The summed E-state index contributed by atoms with van der Waals surface area (Å²) >= 11 is 1.34. The number of anilines is 1. The molecule has 0 fully saturated rings. The Morgan fingerprint density at radius 1 is 0.919 bits per heavy atom. The molecule has 0 saturated heterocycles. The number of hydrogen-bond donors (Lipinski definition) is 2. The molecule has 1 aromatic heterocycles. The normalized spacial score (nSPS) is 11.1. The number of nitrogens with one attached hydrogen (secondary N) is 2. The molecule has 2 N–H and O–H groups in total. The molecule has 0 atom stereocenters. The second-order valence-corrected chi connectivity index (χ2v) is 10.6. The number of rotatable bonds is 9. The Labute approximate surface area is 222 Å². The van der Waals surface area contributed by atoms with Crippen LogP contribution in [0.15, 0.2) is 84.9 Å². The van der Waals surface area contributed by atoms with Gasteiger partial charge < -0.3 is 0 Å². The third-order valence-corrected chi connectivity index (χ3v) is 7.54. The van der Waals surface area contributed by atoms with Crippen LogP contribution in [-0.4, -0.2) is 61.5 Å². The van der Waals surface area contributed by atoms with E-state index in [9.17, 15) is 13.2 Å². The number of nitrogens with zero attached hydrogens (tertiary/aromatic N) is 3. The maximum Gasteiger partial charge on any atom is 0.328 e. The molecular formula is C27H29N5O3S2. The topological polar surface area (TPSA) is 94.6 Å². The first-order valence-corrected chi connectivity index (χ1v) is 13.7. The van der Waals surface area contributed by atoms with Crippen LogP contribution >= 0.6 is 11.3 Å². The van der Waals surface area contributed by atoms with Gasteiger partial charge in [-0.1, -0.05) is 84.1 Å². The van der Waals surface area contributed by atoms with Crippen LogP contribution in [0.5, 0.6) is 0 Å². The lowest BCUT2D eigenvalue weighted by atomic mass is 9.88. The second-order valence-electron chi connectivity index (χ2n) is 8.59. The molecule has 0 unspecified atom stereocenters. The molecule has 10 heteroatoms. The summed E-state index contributed by atoms with van der Waals surface area (Å²) in [4.78, 5) is 19.2. The maximum absolute atomic E-state index is 13.5. The smallest absolute Gasteiger partial charge is 0.283 e. The number of hydrazine groups is 1. The number of para-hydroxylation sites is 1. The lowest BCUT2D eigenvalue weighted by molar-refractivity contribution is 0.231. The number of benzene rings is 3. The first-order chi connectivity index (χ1) is 17.9. The number of urea groups is 1. The fraction of sp³-hybridized carbons (Fsp3) is 0.222. The lowest BCUT2D eigenvalue weighted by Crippen LogP contribution is -2.47. The summed E-state index contributed by atoms with van der Waals surface area (Å²) in [5, 5.41) is 4.88. The van der Waals surface area contributed by atoms with E-state index in [1.165, 1.54) is 16.2 Å². The third-order valence-electron chi connectivity index (χ3n) is 5.84. The van der Waals surface area contributed by atoms with Gasteiger partial charge in [0.15, 0.2) is 10.1 Å². The number of carbonyl (C=O) groups is 1. The second kappa shape index (κ2) is 12.6.